The summed E-state index contributed by atoms with van der Waals surface area (Å²) in [5, 5.41) is 6.69. The van der Waals surface area contributed by atoms with Gasteiger partial charge in [0.15, 0.2) is 0 Å². The zero-order valence-corrected chi connectivity index (χ0v) is 14.4. The van der Waals surface area contributed by atoms with Gasteiger partial charge in [-0.05, 0) is 35.9 Å². The van der Waals surface area contributed by atoms with E-state index in [2.05, 4.69) is 15.4 Å². The molecule has 0 saturated carbocycles. The van der Waals surface area contributed by atoms with E-state index in [1.807, 2.05) is 12.1 Å². The zero-order valence-electron chi connectivity index (χ0n) is 12.9. The molecule has 0 saturated heterocycles. The number of rotatable bonds is 6. The van der Waals surface area contributed by atoms with Gasteiger partial charge in [0.2, 0.25) is 5.91 Å². The van der Waals surface area contributed by atoms with Gasteiger partial charge in [-0.3, -0.25) is 4.79 Å². The summed E-state index contributed by atoms with van der Waals surface area (Å²) < 4.78 is 4.64. The minimum Gasteiger partial charge on any atom is -0.465 e. The minimum atomic E-state index is -0.497. The van der Waals surface area contributed by atoms with Crippen LogP contribution in [0.15, 0.2) is 42.5 Å². The van der Waals surface area contributed by atoms with Gasteiger partial charge in [0.05, 0.1) is 29.9 Å². The van der Waals surface area contributed by atoms with Crippen molar-refractivity contribution < 1.29 is 14.3 Å². The lowest BCUT2D eigenvalue weighted by molar-refractivity contribution is -0.115. The number of nitrogens with one attached hydrogen (secondary N) is 2. The lowest BCUT2D eigenvalue weighted by Gasteiger charge is -2.10. The van der Waals surface area contributed by atoms with Crippen LogP contribution in [0.4, 0.5) is 5.69 Å². The van der Waals surface area contributed by atoms with E-state index in [0.717, 1.165) is 5.56 Å². The molecule has 0 radical (unpaired) electrons. The predicted molar refractivity (Wildman–Crippen MR) is 94.6 cm³/mol. The standard InChI is InChI=1S/C17H16Cl2N2O3/c1-24-17(23)12-4-7-14(19)15(8-12)21-16(22)10-20-9-11-2-5-13(18)6-3-11/h2-8,20H,9-10H2,1H3,(H,21,22). The van der Waals surface area contributed by atoms with Crippen molar-refractivity contribution in [3.8, 4) is 0 Å². The summed E-state index contributed by atoms with van der Waals surface area (Å²) in [7, 11) is 1.29. The number of benzene rings is 2. The fourth-order valence-corrected chi connectivity index (χ4v) is 2.27. The lowest BCUT2D eigenvalue weighted by atomic mass is 10.2. The van der Waals surface area contributed by atoms with Gasteiger partial charge in [0, 0.05) is 11.6 Å². The van der Waals surface area contributed by atoms with Crippen LogP contribution in [-0.4, -0.2) is 25.5 Å². The highest BCUT2D eigenvalue weighted by atomic mass is 35.5. The summed E-state index contributed by atoms with van der Waals surface area (Å²) in [5.74, 6) is -0.768. The molecule has 2 N–H and O–H groups in total. The first kappa shape index (κ1) is 18.3. The van der Waals surface area contributed by atoms with Crippen LogP contribution in [0.25, 0.3) is 0 Å². The van der Waals surface area contributed by atoms with Crippen molar-refractivity contribution in [2.24, 2.45) is 0 Å². The SMILES string of the molecule is COC(=O)c1ccc(Cl)c(NC(=O)CNCc2ccc(Cl)cc2)c1. The Bertz CT molecular complexity index is 733. The van der Waals surface area contributed by atoms with E-state index in [-0.39, 0.29) is 12.5 Å². The summed E-state index contributed by atoms with van der Waals surface area (Å²) in [6, 6.07) is 11.9. The Labute approximate surface area is 149 Å². The number of carbonyl (C=O) groups excluding carboxylic acids is 2. The van der Waals surface area contributed by atoms with E-state index in [1.54, 1.807) is 12.1 Å². The zero-order chi connectivity index (χ0) is 17.5. The molecule has 0 atom stereocenters. The Hall–Kier alpha value is -2.08. The van der Waals surface area contributed by atoms with Crippen LogP contribution in [0.2, 0.25) is 10.0 Å². The maximum Gasteiger partial charge on any atom is 0.337 e. The van der Waals surface area contributed by atoms with Crippen LogP contribution in [0.1, 0.15) is 15.9 Å². The molecule has 0 aromatic heterocycles. The highest BCUT2D eigenvalue weighted by Gasteiger charge is 2.11. The molecule has 0 aliphatic carbocycles. The fourth-order valence-electron chi connectivity index (χ4n) is 1.98. The molecule has 7 heteroatoms. The Morgan fingerprint density at radius 1 is 1.08 bits per heavy atom. The Morgan fingerprint density at radius 2 is 1.79 bits per heavy atom. The van der Waals surface area contributed by atoms with Crippen molar-refractivity contribution in [3.05, 3.63) is 63.6 Å². The molecule has 0 aliphatic rings. The Balaban J connectivity index is 1.90. The van der Waals surface area contributed by atoms with Crippen molar-refractivity contribution in [1.29, 1.82) is 0 Å². The van der Waals surface area contributed by atoms with Gasteiger partial charge >= 0.3 is 5.97 Å². The second kappa shape index (κ2) is 8.68. The first-order valence-electron chi connectivity index (χ1n) is 7.12. The molecule has 24 heavy (non-hydrogen) atoms. The number of esters is 1. The maximum atomic E-state index is 12.0. The first-order chi connectivity index (χ1) is 11.5. The number of methoxy groups -OCH3 is 1. The molecule has 0 bridgehead atoms. The molecule has 2 aromatic carbocycles. The number of hydrogen-bond donors (Lipinski definition) is 2. The van der Waals surface area contributed by atoms with Gasteiger partial charge in [-0.15, -0.1) is 0 Å². The van der Waals surface area contributed by atoms with E-state index >= 15 is 0 Å². The third-order valence-electron chi connectivity index (χ3n) is 3.19. The summed E-state index contributed by atoms with van der Waals surface area (Å²) in [6.45, 7) is 0.627. The summed E-state index contributed by atoms with van der Waals surface area (Å²) in [6.07, 6.45) is 0. The van der Waals surface area contributed by atoms with Crippen molar-refractivity contribution >= 4 is 40.8 Å². The van der Waals surface area contributed by atoms with Crippen LogP contribution >= 0.6 is 23.2 Å². The molecule has 2 aromatic rings. The van der Waals surface area contributed by atoms with Gasteiger partial charge in [0.25, 0.3) is 0 Å². The van der Waals surface area contributed by atoms with Crippen LogP contribution in [-0.2, 0) is 16.1 Å². The predicted octanol–water partition coefficient (Wildman–Crippen LogP) is 3.51. The lowest BCUT2D eigenvalue weighted by Crippen LogP contribution is -2.27. The van der Waals surface area contributed by atoms with Crippen LogP contribution in [0.5, 0.6) is 0 Å². The van der Waals surface area contributed by atoms with Crippen molar-refractivity contribution in [1.82, 2.24) is 5.32 Å². The minimum absolute atomic E-state index is 0.0986. The topological polar surface area (TPSA) is 67.4 Å². The number of halogens is 2. The van der Waals surface area contributed by atoms with Gasteiger partial charge in [-0.2, -0.15) is 0 Å². The molecule has 0 spiro atoms. The third-order valence-corrected chi connectivity index (χ3v) is 3.77. The monoisotopic (exact) mass is 366 g/mol. The van der Waals surface area contributed by atoms with E-state index < -0.39 is 5.97 Å². The third kappa shape index (κ3) is 5.23. The van der Waals surface area contributed by atoms with Gasteiger partial charge in [0.1, 0.15) is 0 Å². The number of anilines is 1. The number of ether oxygens (including phenoxy) is 1. The fraction of sp³-hybridized carbons (Fsp3) is 0.176. The first-order valence-corrected chi connectivity index (χ1v) is 7.88. The average Bonchev–Trinajstić information content (AvgIpc) is 2.58. The second-order valence-electron chi connectivity index (χ2n) is 4.96. The second-order valence-corrected chi connectivity index (χ2v) is 5.81. The average molecular weight is 367 g/mol. The molecule has 0 unspecified atom stereocenters. The smallest absolute Gasteiger partial charge is 0.337 e. The largest absolute Gasteiger partial charge is 0.465 e. The van der Waals surface area contributed by atoms with E-state index in [4.69, 9.17) is 23.2 Å². The van der Waals surface area contributed by atoms with Crippen LogP contribution in [0, 0.1) is 0 Å². The maximum absolute atomic E-state index is 12.0. The van der Waals surface area contributed by atoms with Gasteiger partial charge < -0.3 is 15.4 Å². The summed E-state index contributed by atoms with van der Waals surface area (Å²) in [4.78, 5) is 23.5. The molecule has 0 fully saturated rings. The highest BCUT2D eigenvalue weighted by Crippen LogP contribution is 2.23. The molecule has 0 heterocycles. The molecule has 2 rings (SSSR count). The van der Waals surface area contributed by atoms with Crippen LogP contribution < -0.4 is 10.6 Å². The summed E-state index contributed by atoms with van der Waals surface area (Å²) >= 11 is 11.8. The van der Waals surface area contributed by atoms with Crippen LogP contribution in [0.3, 0.4) is 0 Å². The Morgan fingerprint density at radius 3 is 2.46 bits per heavy atom. The molecule has 5 nitrogen and oxygen atoms in total. The van der Waals surface area contributed by atoms with E-state index in [1.165, 1.54) is 25.3 Å². The van der Waals surface area contributed by atoms with Gasteiger partial charge in [-0.25, -0.2) is 4.79 Å². The quantitative estimate of drug-likeness (QED) is 0.767. The van der Waals surface area contributed by atoms with Crippen molar-refractivity contribution in [2.45, 2.75) is 6.54 Å². The van der Waals surface area contributed by atoms with Crippen molar-refractivity contribution in [2.75, 3.05) is 19.0 Å². The highest BCUT2D eigenvalue weighted by molar-refractivity contribution is 6.34. The van der Waals surface area contributed by atoms with Crippen molar-refractivity contribution in [3.63, 3.8) is 0 Å². The number of carbonyl (C=O) groups is 2. The van der Waals surface area contributed by atoms with Gasteiger partial charge in [-0.1, -0.05) is 35.3 Å². The molecular weight excluding hydrogens is 351 g/mol. The molecular formula is C17H16Cl2N2O3. The molecule has 0 aliphatic heterocycles. The Kier molecular flexibility index (Phi) is 6.61. The molecule has 1 amide bonds. The summed E-state index contributed by atoms with van der Waals surface area (Å²) in [5.41, 5.74) is 1.68. The number of amides is 1. The molecule has 126 valence electrons. The normalized spacial score (nSPS) is 10.3. The number of hydrogen-bond acceptors (Lipinski definition) is 4. The van der Waals surface area contributed by atoms with E-state index in [9.17, 15) is 9.59 Å². The van der Waals surface area contributed by atoms with E-state index in [0.29, 0.717) is 27.8 Å².